The van der Waals surface area contributed by atoms with E-state index < -0.39 is 51.3 Å². The van der Waals surface area contributed by atoms with Crippen molar-refractivity contribution in [2.75, 3.05) is 52.3 Å². The van der Waals surface area contributed by atoms with Gasteiger partial charge in [-0.05, 0) is 108 Å². The van der Waals surface area contributed by atoms with Gasteiger partial charge in [0.1, 0.15) is 30.4 Å². The number of likely N-dealkylation sites (tertiary alicyclic amines) is 1. The summed E-state index contributed by atoms with van der Waals surface area (Å²) >= 11 is 0.606. The smallest absolute Gasteiger partial charge is 0.744 e. The number of nitrogens with zero attached hydrogens (tertiary/aromatic N) is 7. The van der Waals surface area contributed by atoms with E-state index >= 15 is 0 Å². The van der Waals surface area contributed by atoms with Gasteiger partial charge in [0.2, 0.25) is 36.1 Å². The molecule has 32 heteroatoms. The second-order valence-electron chi connectivity index (χ2n) is 16.6. The maximum Gasteiger partial charge on any atom is 1.00 e. The maximum atomic E-state index is 12.5. The zero-order valence-electron chi connectivity index (χ0n) is 41.1. The molecule has 3 aliphatic rings. The number of fused-ring (bicyclic) bond motifs is 3. The van der Waals surface area contributed by atoms with Gasteiger partial charge in [0.15, 0.2) is 0 Å². The average Bonchev–Trinajstić information content (AvgIpc) is 4.09. The van der Waals surface area contributed by atoms with Crippen molar-refractivity contribution in [3.8, 4) is 0 Å². The number of anilines is 7. The first-order chi connectivity index (χ1) is 34.4. The molecule has 6 aromatic carbocycles. The molecule has 3 aliphatic heterocycles. The van der Waals surface area contributed by atoms with Crippen molar-refractivity contribution in [3.05, 3.63) is 97.1 Å². The molecule has 0 spiro atoms. The molecule has 10 rings (SSSR count). The number of nitrogens with one attached hydrogen (secondary N) is 5. The molecular weight excluding hydrogens is 1110 g/mol. The third kappa shape index (κ3) is 14.5. The van der Waals surface area contributed by atoms with Crippen LogP contribution >= 0.6 is 12.0 Å². The average molecular weight is 1150 g/mol. The molecule has 1 aromatic heterocycles. The van der Waals surface area contributed by atoms with Gasteiger partial charge in [-0.2, -0.15) is 19.3 Å². The molecule has 0 radical (unpaired) electrons. The summed E-state index contributed by atoms with van der Waals surface area (Å²) in [5.74, 6) is 1.04. The fourth-order valence-corrected chi connectivity index (χ4v) is 11.1. The molecule has 0 amide bonds. The van der Waals surface area contributed by atoms with Crippen molar-refractivity contribution in [3.63, 3.8) is 0 Å². The summed E-state index contributed by atoms with van der Waals surface area (Å²) in [7, 11) is -15.0. The topological polar surface area (TPSA) is 343 Å². The van der Waals surface area contributed by atoms with Crippen molar-refractivity contribution in [2.24, 2.45) is 9.98 Å². The van der Waals surface area contributed by atoms with Crippen molar-refractivity contribution >= 4 is 127 Å². The van der Waals surface area contributed by atoms with Crippen LogP contribution in [-0.4, -0.2) is 103 Å². The Morgan fingerprint density at radius 2 is 1.13 bits per heavy atom. The largest absolute Gasteiger partial charge is 1.00 e. The minimum absolute atomic E-state index is 0. The third-order valence-electron chi connectivity index (χ3n) is 11.9. The number of hydrogen-bond acceptors (Lipinski definition) is 25. The van der Waals surface area contributed by atoms with Crippen LogP contribution in [0.1, 0.15) is 25.7 Å². The van der Waals surface area contributed by atoms with E-state index in [-0.39, 0.29) is 164 Å². The quantitative estimate of drug-likeness (QED) is 0.0222. The first-order valence-electron chi connectivity index (χ1n) is 21.9. The molecule has 7 aromatic rings. The first-order valence-corrected chi connectivity index (χ1v) is 26.9. The number of hydrogen-bond donors (Lipinski definition) is 5. The van der Waals surface area contributed by atoms with Gasteiger partial charge < -0.3 is 50.0 Å². The Hall–Kier alpha value is -2.99. The Bertz CT molecular complexity index is 3730. The maximum absolute atomic E-state index is 12.5. The number of aromatic nitrogens is 3. The molecule has 2 saturated heterocycles. The zero-order chi connectivity index (χ0) is 50.4. The summed E-state index contributed by atoms with van der Waals surface area (Å²) in [4.78, 5) is 26.2. The molecule has 5 N–H and O–H groups in total. The van der Waals surface area contributed by atoms with Crippen LogP contribution in [0.3, 0.4) is 0 Å². The van der Waals surface area contributed by atoms with Crippen LogP contribution in [0.25, 0.3) is 32.3 Å². The van der Waals surface area contributed by atoms with Gasteiger partial charge in [-0.25, -0.2) is 35.2 Å². The molecule has 24 nitrogen and oxygen atoms in total. The zero-order valence-corrected chi connectivity index (χ0v) is 52.4. The molecule has 0 bridgehead atoms. The normalized spacial score (nSPS) is 15.6. The molecule has 374 valence electrons. The Kier molecular flexibility index (Phi) is 21.3. The first kappa shape index (κ1) is 62.2. The summed E-state index contributed by atoms with van der Waals surface area (Å²) in [6, 6.07) is 23.8. The Balaban J connectivity index is 0.00000234. The van der Waals surface area contributed by atoms with Crippen molar-refractivity contribution in [2.45, 2.75) is 51.6 Å². The van der Waals surface area contributed by atoms with E-state index in [4.69, 9.17) is 15.0 Å². The van der Waals surface area contributed by atoms with E-state index in [2.05, 4.69) is 50.8 Å². The van der Waals surface area contributed by atoms with Gasteiger partial charge >= 0.3 is 118 Å². The number of aliphatic imine (C=N–C) groups is 2. The molecule has 0 aliphatic carbocycles. The summed E-state index contributed by atoms with van der Waals surface area (Å²) in [5.41, 5.74) is 1.42. The van der Waals surface area contributed by atoms with Crippen molar-refractivity contribution in [1.82, 2.24) is 25.2 Å². The fourth-order valence-electron chi connectivity index (χ4n) is 8.70. The molecule has 1 atom stereocenters. The van der Waals surface area contributed by atoms with Gasteiger partial charge in [0.05, 0.1) is 26.7 Å². The van der Waals surface area contributed by atoms with Crippen LogP contribution < -0.4 is 155 Å². The van der Waals surface area contributed by atoms with E-state index in [9.17, 15) is 44.2 Å². The minimum Gasteiger partial charge on any atom is -0.744 e. The summed E-state index contributed by atoms with van der Waals surface area (Å²) in [5, 5.41) is 31.8. The number of benzene rings is 6. The van der Waals surface area contributed by atoms with E-state index in [0.717, 1.165) is 60.7 Å². The van der Waals surface area contributed by atoms with Crippen LogP contribution in [0.2, 0.25) is 0 Å². The van der Waals surface area contributed by atoms with Gasteiger partial charge in [0.25, 0.3) is 0 Å². The molecular formula is C44H38N12Na4O12S4. The van der Waals surface area contributed by atoms with E-state index in [1.165, 1.54) is 30.3 Å². The SMILES string of the molecule is O=S(=O)([O-])c1ccc2c(S(=O)(=O)[O-])cc(Nc3nc(Nc4cccc5c(NC6N=C(Nc7cc(S(=O)(=O)[O-])c8ccc(SOO[O-])cc8c7)NC(N7CCCC7)=N6)cccc45)nc(N4CCCC4)n3)cc2c1.[Na+].[Na+].[Na+].[Na+]. The summed E-state index contributed by atoms with van der Waals surface area (Å²) < 4.78 is 115. The summed E-state index contributed by atoms with van der Waals surface area (Å²) in [6.45, 7) is 2.73. The standard InChI is InChI=1S/C44H42N12O12S4.4Na/c57-67-68-69-29-11-13-31-25(21-29)19-27(23-37(31)71(61,62)63)45-39-49-41(53-43(51-39)55-15-1-2-16-55)47-35-9-5-8-34-33(35)7-6-10-36(34)48-42-50-40(52-44(54-42)56-17-3-4-18-56)46-28-20-26-22-30(70(58,59)60)12-14-32(26)38(24-28)72(64,65)66;;;;/h5-14,19-24,41,47,57H,1-4,15-18H2,(H,58,59,60)(H,61,62,63)(H,64,65,66)(H2,45,49,51,53)(H2,46,48,50,52,54);;;;/q;4*+1/p-4. The van der Waals surface area contributed by atoms with E-state index in [1.54, 1.807) is 6.07 Å². The summed E-state index contributed by atoms with van der Waals surface area (Å²) in [6.07, 6.45) is 2.70. The molecule has 2 fully saturated rings. The van der Waals surface area contributed by atoms with Crippen LogP contribution in [0.5, 0.6) is 0 Å². The number of rotatable bonds is 14. The van der Waals surface area contributed by atoms with Gasteiger partial charge in [-0.3, -0.25) is 10.4 Å². The van der Waals surface area contributed by atoms with Crippen LogP contribution in [0.15, 0.2) is 127 Å². The van der Waals surface area contributed by atoms with E-state index in [1.807, 2.05) is 41.3 Å². The van der Waals surface area contributed by atoms with Crippen molar-refractivity contribution < 1.29 is 172 Å². The van der Waals surface area contributed by atoms with Gasteiger partial charge in [-0.15, -0.1) is 0 Å². The van der Waals surface area contributed by atoms with E-state index in [0.29, 0.717) is 71.8 Å². The Labute approximate surface area is 528 Å². The van der Waals surface area contributed by atoms with Crippen molar-refractivity contribution in [1.29, 1.82) is 0 Å². The predicted molar refractivity (Wildman–Crippen MR) is 261 cm³/mol. The minimum atomic E-state index is -5.10. The number of guanidine groups is 2. The second kappa shape index (κ2) is 26.1. The van der Waals surface area contributed by atoms with Gasteiger partial charge in [-0.1, -0.05) is 36.4 Å². The fraction of sp³-hybridized carbons (Fsp3) is 0.205. The monoisotopic (exact) mass is 1150 g/mol. The second-order valence-corrected chi connectivity index (χ2v) is 21.5. The third-order valence-corrected chi connectivity index (χ3v) is 15.0. The van der Waals surface area contributed by atoms with Crippen LogP contribution in [0.4, 0.5) is 40.6 Å². The molecule has 76 heavy (non-hydrogen) atoms. The molecule has 1 unspecified atom stereocenters. The van der Waals surface area contributed by atoms with Gasteiger partial charge in [0, 0.05) is 64.6 Å². The molecule has 4 heterocycles. The van der Waals surface area contributed by atoms with Crippen LogP contribution in [0, 0.1) is 0 Å². The Morgan fingerprint density at radius 3 is 1.74 bits per heavy atom. The Morgan fingerprint density at radius 1 is 0.579 bits per heavy atom. The predicted octanol–water partition coefficient (Wildman–Crippen LogP) is -7.40. The molecule has 0 saturated carbocycles. The van der Waals surface area contributed by atoms with Crippen LogP contribution in [-0.2, 0) is 39.7 Å².